The summed E-state index contributed by atoms with van der Waals surface area (Å²) in [6.07, 6.45) is 3.69. The van der Waals surface area contributed by atoms with Crippen molar-refractivity contribution in [2.75, 3.05) is 12.8 Å². The minimum atomic E-state index is -0.348. The van der Waals surface area contributed by atoms with E-state index in [1.54, 1.807) is 13.2 Å². The zero-order chi connectivity index (χ0) is 12.3. The molecule has 3 nitrogen and oxygen atoms in total. The van der Waals surface area contributed by atoms with E-state index >= 15 is 0 Å². The van der Waals surface area contributed by atoms with E-state index in [2.05, 4.69) is 5.32 Å². The molecule has 0 spiro atoms. The number of hydrogen-bond acceptors (Lipinski definition) is 3. The van der Waals surface area contributed by atoms with Crippen molar-refractivity contribution in [2.24, 2.45) is 0 Å². The van der Waals surface area contributed by atoms with Crippen molar-refractivity contribution in [3.05, 3.63) is 29.6 Å². The summed E-state index contributed by atoms with van der Waals surface area (Å²) in [7, 11) is 1.74. The second-order valence-electron chi connectivity index (χ2n) is 4.55. The number of nitrogens with two attached hydrogens (primary N) is 1. The number of ether oxygens (including phenoxy) is 1. The van der Waals surface area contributed by atoms with Gasteiger partial charge in [-0.15, -0.1) is 0 Å². The molecule has 0 aromatic heterocycles. The van der Waals surface area contributed by atoms with E-state index < -0.39 is 0 Å². The van der Waals surface area contributed by atoms with E-state index in [1.807, 2.05) is 6.07 Å². The van der Waals surface area contributed by atoms with Gasteiger partial charge in [-0.2, -0.15) is 0 Å². The Hall–Kier alpha value is -1.13. The Morgan fingerprint density at radius 1 is 1.47 bits per heavy atom. The van der Waals surface area contributed by atoms with E-state index in [0.717, 1.165) is 18.4 Å². The smallest absolute Gasteiger partial charge is 0.146 e. The molecule has 94 valence electrons. The lowest BCUT2D eigenvalue weighted by Crippen LogP contribution is -2.36. The monoisotopic (exact) mass is 238 g/mol. The molecule has 1 saturated carbocycles. The third kappa shape index (κ3) is 2.96. The van der Waals surface area contributed by atoms with Gasteiger partial charge in [0.25, 0.3) is 0 Å². The molecule has 1 aliphatic rings. The summed E-state index contributed by atoms with van der Waals surface area (Å²) in [5.41, 5.74) is 6.55. The van der Waals surface area contributed by atoms with Gasteiger partial charge >= 0.3 is 0 Å². The molecule has 2 atom stereocenters. The Morgan fingerprint density at radius 3 is 3.00 bits per heavy atom. The predicted octanol–water partition coefficient (Wildman–Crippen LogP) is 2.06. The van der Waals surface area contributed by atoms with Gasteiger partial charge in [0.15, 0.2) is 0 Å². The summed E-state index contributed by atoms with van der Waals surface area (Å²) < 4.78 is 18.6. The van der Waals surface area contributed by atoms with Gasteiger partial charge in [0, 0.05) is 19.7 Å². The number of methoxy groups -OCH3 is 1. The van der Waals surface area contributed by atoms with Gasteiger partial charge in [-0.1, -0.05) is 6.07 Å². The van der Waals surface area contributed by atoms with Crippen LogP contribution in [0.2, 0.25) is 0 Å². The molecule has 0 saturated heterocycles. The Morgan fingerprint density at radius 2 is 2.29 bits per heavy atom. The molecule has 1 fully saturated rings. The van der Waals surface area contributed by atoms with Crippen molar-refractivity contribution in [1.29, 1.82) is 0 Å². The maximum atomic E-state index is 13.2. The van der Waals surface area contributed by atoms with Crippen LogP contribution < -0.4 is 11.1 Å². The summed E-state index contributed by atoms with van der Waals surface area (Å²) in [6, 6.07) is 5.32. The van der Waals surface area contributed by atoms with Crippen LogP contribution in [0.4, 0.5) is 10.1 Å². The van der Waals surface area contributed by atoms with Gasteiger partial charge in [-0.25, -0.2) is 4.39 Å². The molecule has 17 heavy (non-hydrogen) atoms. The molecule has 1 aliphatic carbocycles. The number of hydrogen-bond donors (Lipinski definition) is 2. The number of rotatable bonds is 4. The van der Waals surface area contributed by atoms with Crippen LogP contribution >= 0.6 is 0 Å². The summed E-state index contributed by atoms with van der Waals surface area (Å²) >= 11 is 0. The molecule has 3 N–H and O–H groups in total. The fraction of sp³-hybridized carbons (Fsp3) is 0.538. The zero-order valence-electron chi connectivity index (χ0n) is 10.1. The fourth-order valence-corrected chi connectivity index (χ4v) is 2.37. The molecule has 0 amide bonds. The normalized spacial score (nSPS) is 24.1. The summed E-state index contributed by atoms with van der Waals surface area (Å²) in [5.74, 6) is -0.348. The van der Waals surface area contributed by atoms with Gasteiger partial charge in [-0.3, -0.25) is 0 Å². The lowest BCUT2D eigenvalue weighted by molar-refractivity contribution is 0.0847. The first-order valence-electron chi connectivity index (χ1n) is 6.01. The molecular formula is C13H19FN2O. The topological polar surface area (TPSA) is 47.3 Å². The predicted molar refractivity (Wildman–Crippen MR) is 66.1 cm³/mol. The zero-order valence-corrected chi connectivity index (χ0v) is 10.1. The van der Waals surface area contributed by atoms with E-state index in [1.165, 1.54) is 12.5 Å². The van der Waals surface area contributed by atoms with Crippen molar-refractivity contribution in [3.8, 4) is 0 Å². The van der Waals surface area contributed by atoms with Gasteiger partial charge in [-0.05, 0) is 37.0 Å². The van der Waals surface area contributed by atoms with Crippen LogP contribution in [0.1, 0.15) is 24.8 Å². The lowest BCUT2D eigenvalue weighted by Gasteiger charge is -2.19. The highest BCUT2D eigenvalue weighted by molar-refractivity contribution is 5.41. The highest BCUT2D eigenvalue weighted by atomic mass is 19.1. The van der Waals surface area contributed by atoms with Crippen molar-refractivity contribution >= 4 is 5.69 Å². The van der Waals surface area contributed by atoms with Crippen LogP contribution in [0.25, 0.3) is 0 Å². The van der Waals surface area contributed by atoms with Crippen molar-refractivity contribution in [1.82, 2.24) is 5.32 Å². The Bertz CT molecular complexity index is 384. The molecule has 0 aliphatic heterocycles. The molecule has 1 aromatic carbocycles. The summed E-state index contributed by atoms with van der Waals surface area (Å²) in [4.78, 5) is 0. The molecule has 0 radical (unpaired) electrons. The van der Waals surface area contributed by atoms with Crippen LogP contribution in [0, 0.1) is 5.82 Å². The summed E-state index contributed by atoms with van der Waals surface area (Å²) in [6.45, 7) is 0.654. The number of nitrogen functional groups attached to an aromatic ring is 1. The number of anilines is 1. The van der Waals surface area contributed by atoms with Crippen LogP contribution in [-0.4, -0.2) is 19.3 Å². The van der Waals surface area contributed by atoms with Crippen LogP contribution in [0.3, 0.4) is 0 Å². The second-order valence-corrected chi connectivity index (χ2v) is 4.55. The van der Waals surface area contributed by atoms with Crippen molar-refractivity contribution in [3.63, 3.8) is 0 Å². The maximum absolute atomic E-state index is 13.2. The average Bonchev–Trinajstić information content (AvgIpc) is 2.78. The molecule has 1 aromatic rings. The van der Waals surface area contributed by atoms with E-state index in [9.17, 15) is 4.39 Å². The Balaban J connectivity index is 1.91. The van der Waals surface area contributed by atoms with E-state index in [0.29, 0.717) is 12.6 Å². The fourth-order valence-electron chi connectivity index (χ4n) is 2.37. The van der Waals surface area contributed by atoms with Gasteiger partial charge in [0.05, 0.1) is 11.8 Å². The number of halogens is 1. The van der Waals surface area contributed by atoms with Crippen molar-refractivity contribution in [2.45, 2.75) is 38.0 Å². The third-order valence-corrected chi connectivity index (χ3v) is 3.39. The third-order valence-electron chi connectivity index (χ3n) is 3.39. The number of nitrogens with one attached hydrogen (secondary N) is 1. The van der Waals surface area contributed by atoms with Gasteiger partial charge in [0.2, 0.25) is 0 Å². The highest BCUT2D eigenvalue weighted by Gasteiger charge is 2.26. The second kappa shape index (κ2) is 5.47. The van der Waals surface area contributed by atoms with E-state index in [4.69, 9.17) is 10.5 Å². The molecule has 2 rings (SSSR count). The van der Waals surface area contributed by atoms with Crippen LogP contribution in [-0.2, 0) is 11.3 Å². The minimum absolute atomic E-state index is 0.199. The van der Waals surface area contributed by atoms with E-state index in [-0.39, 0.29) is 17.6 Å². The van der Waals surface area contributed by atoms with Gasteiger partial charge in [0.1, 0.15) is 5.82 Å². The molecule has 2 unspecified atom stereocenters. The van der Waals surface area contributed by atoms with Gasteiger partial charge < -0.3 is 15.8 Å². The first kappa shape index (κ1) is 12.3. The largest absolute Gasteiger partial charge is 0.396 e. The quantitative estimate of drug-likeness (QED) is 0.789. The maximum Gasteiger partial charge on any atom is 0.146 e. The molecule has 0 heterocycles. The summed E-state index contributed by atoms with van der Waals surface area (Å²) in [5, 5.41) is 3.41. The molecule has 4 heteroatoms. The molecule has 0 bridgehead atoms. The highest BCUT2D eigenvalue weighted by Crippen LogP contribution is 2.22. The standard InChI is InChI=1S/C13H19FN2O/c1-17-13-4-2-3-12(13)16-8-9-5-6-11(15)10(14)7-9/h5-7,12-13,16H,2-4,8,15H2,1H3. The van der Waals surface area contributed by atoms with Crippen LogP contribution in [0.15, 0.2) is 18.2 Å². The number of benzene rings is 1. The average molecular weight is 238 g/mol. The minimum Gasteiger partial charge on any atom is -0.396 e. The first-order valence-corrected chi connectivity index (χ1v) is 6.01. The Labute approximate surface area is 101 Å². The molecular weight excluding hydrogens is 219 g/mol. The Kier molecular flexibility index (Phi) is 3.97. The first-order chi connectivity index (χ1) is 8.20. The SMILES string of the molecule is COC1CCCC1NCc1ccc(N)c(F)c1. The lowest BCUT2D eigenvalue weighted by atomic mass is 10.1. The van der Waals surface area contributed by atoms with Crippen molar-refractivity contribution < 1.29 is 9.13 Å². The van der Waals surface area contributed by atoms with Crippen LogP contribution in [0.5, 0.6) is 0 Å².